The van der Waals surface area contributed by atoms with Crippen molar-refractivity contribution in [3.63, 3.8) is 0 Å². The Morgan fingerprint density at radius 2 is 1.73 bits per heavy atom. The lowest BCUT2D eigenvalue weighted by atomic mass is 10.0. The number of rotatable bonds is 2. The van der Waals surface area contributed by atoms with Crippen molar-refractivity contribution in [2.75, 3.05) is 0 Å². The molecule has 0 fully saturated rings. The van der Waals surface area contributed by atoms with Crippen molar-refractivity contribution in [1.29, 1.82) is 0 Å². The Morgan fingerprint density at radius 3 is 2.42 bits per heavy atom. The Balaban J connectivity index is 2.22. The van der Waals surface area contributed by atoms with E-state index in [9.17, 15) is 4.79 Å². The first kappa shape index (κ1) is 18.2. The van der Waals surface area contributed by atoms with Gasteiger partial charge in [0.15, 0.2) is 0 Å². The van der Waals surface area contributed by atoms with Crippen LogP contribution in [0.15, 0.2) is 53.3 Å². The number of hydrogen-bond donors (Lipinski definition) is 0. The van der Waals surface area contributed by atoms with E-state index in [0.29, 0.717) is 6.54 Å². The van der Waals surface area contributed by atoms with Gasteiger partial charge in [0.25, 0.3) is 5.56 Å². The molecule has 0 saturated carbocycles. The summed E-state index contributed by atoms with van der Waals surface area (Å²) in [7, 11) is -1.53. The SMILES string of the molecule is Cc1ccc(Cn2c(C#C[Si](C)(C)C)cc3ccccc3c2=O)c(C)c1. The summed E-state index contributed by atoms with van der Waals surface area (Å²) >= 11 is 0. The summed E-state index contributed by atoms with van der Waals surface area (Å²) in [5.74, 6) is 3.31. The van der Waals surface area contributed by atoms with Crippen LogP contribution in [0.2, 0.25) is 19.6 Å². The predicted molar refractivity (Wildman–Crippen MR) is 113 cm³/mol. The van der Waals surface area contributed by atoms with E-state index in [2.05, 4.69) is 63.2 Å². The molecule has 1 heterocycles. The van der Waals surface area contributed by atoms with E-state index in [1.54, 1.807) is 0 Å². The molecule has 3 rings (SSSR count). The van der Waals surface area contributed by atoms with Crippen molar-refractivity contribution in [1.82, 2.24) is 4.57 Å². The minimum Gasteiger partial charge on any atom is -0.296 e. The first-order chi connectivity index (χ1) is 12.2. The number of aryl methyl sites for hydroxylation is 2. The lowest BCUT2D eigenvalue weighted by Gasteiger charge is -2.14. The fourth-order valence-corrected chi connectivity index (χ4v) is 3.51. The number of aromatic nitrogens is 1. The molecular formula is C23H25NOSi. The molecule has 0 aliphatic heterocycles. The molecule has 0 unspecified atom stereocenters. The van der Waals surface area contributed by atoms with E-state index >= 15 is 0 Å². The van der Waals surface area contributed by atoms with Crippen LogP contribution >= 0.6 is 0 Å². The van der Waals surface area contributed by atoms with Gasteiger partial charge in [-0.25, -0.2) is 0 Å². The second-order valence-corrected chi connectivity index (χ2v) is 12.7. The second kappa shape index (κ2) is 6.97. The molecule has 0 spiro atoms. The molecular weight excluding hydrogens is 334 g/mol. The van der Waals surface area contributed by atoms with Gasteiger partial charge >= 0.3 is 0 Å². The van der Waals surface area contributed by atoms with Gasteiger partial charge in [-0.05, 0) is 42.5 Å². The van der Waals surface area contributed by atoms with E-state index in [0.717, 1.165) is 22.0 Å². The van der Waals surface area contributed by atoms with Crippen molar-refractivity contribution in [3.05, 3.63) is 81.3 Å². The summed E-state index contributed by atoms with van der Waals surface area (Å²) in [6, 6.07) is 16.2. The van der Waals surface area contributed by atoms with Crippen LogP contribution in [0.3, 0.4) is 0 Å². The zero-order valence-electron chi connectivity index (χ0n) is 16.2. The third kappa shape index (κ3) is 3.97. The summed E-state index contributed by atoms with van der Waals surface area (Å²) in [4.78, 5) is 13.2. The Morgan fingerprint density at radius 1 is 1.00 bits per heavy atom. The second-order valence-electron chi connectivity index (χ2n) is 7.94. The number of nitrogens with zero attached hydrogens (tertiary/aromatic N) is 1. The third-order valence-electron chi connectivity index (χ3n) is 4.41. The maximum atomic E-state index is 13.2. The maximum Gasteiger partial charge on any atom is 0.259 e. The molecule has 3 heteroatoms. The Bertz CT molecular complexity index is 1090. The molecule has 2 aromatic carbocycles. The number of benzene rings is 2. The van der Waals surface area contributed by atoms with E-state index in [4.69, 9.17) is 0 Å². The van der Waals surface area contributed by atoms with Crippen LogP contribution in [0, 0.1) is 25.3 Å². The third-order valence-corrected chi connectivity index (χ3v) is 5.29. The molecule has 0 bridgehead atoms. The predicted octanol–water partition coefficient (Wildman–Crippen LogP) is 4.90. The Kier molecular flexibility index (Phi) is 4.89. The Hall–Kier alpha value is -2.57. The van der Waals surface area contributed by atoms with Crippen LogP contribution in [0.4, 0.5) is 0 Å². The summed E-state index contributed by atoms with van der Waals surface area (Å²) in [6.45, 7) is 11.4. The number of pyridine rings is 1. The van der Waals surface area contributed by atoms with Gasteiger partial charge < -0.3 is 0 Å². The fraction of sp³-hybridized carbons (Fsp3) is 0.261. The summed E-state index contributed by atoms with van der Waals surface area (Å²) in [5, 5.41) is 1.70. The monoisotopic (exact) mass is 359 g/mol. The van der Waals surface area contributed by atoms with Crippen LogP contribution in [0.25, 0.3) is 10.8 Å². The van der Waals surface area contributed by atoms with Crippen LogP contribution in [-0.4, -0.2) is 12.6 Å². The smallest absolute Gasteiger partial charge is 0.259 e. The van der Waals surface area contributed by atoms with Gasteiger partial charge in [0.2, 0.25) is 0 Å². The lowest BCUT2D eigenvalue weighted by molar-refractivity contribution is 0.753. The van der Waals surface area contributed by atoms with E-state index in [1.807, 2.05) is 34.9 Å². The van der Waals surface area contributed by atoms with Crippen molar-refractivity contribution >= 4 is 18.8 Å². The van der Waals surface area contributed by atoms with E-state index in [-0.39, 0.29) is 5.56 Å². The normalized spacial score (nSPS) is 11.3. The van der Waals surface area contributed by atoms with E-state index < -0.39 is 8.07 Å². The highest BCUT2D eigenvalue weighted by Gasteiger charge is 2.12. The van der Waals surface area contributed by atoms with Gasteiger partial charge in [-0.1, -0.05) is 67.5 Å². The minimum absolute atomic E-state index is 0.0305. The van der Waals surface area contributed by atoms with Gasteiger partial charge in [-0.2, -0.15) is 0 Å². The fourth-order valence-electron chi connectivity index (χ4n) is 3.00. The standard InChI is InChI=1S/C23H25NOSi/c1-17-10-11-20(18(2)14-17)16-24-21(12-13-26(3,4)5)15-19-8-6-7-9-22(19)23(24)25/h6-11,14-15H,16H2,1-5H3. The highest BCUT2D eigenvalue weighted by Crippen LogP contribution is 2.16. The molecule has 2 nitrogen and oxygen atoms in total. The van der Waals surface area contributed by atoms with Gasteiger partial charge in [0.05, 0.1) is 12.2 Å². The average molecular weight is 360 g/mol. The molecule has 0 radical (unpaired) electrons. The molecule has 26 heavy (non-hydrogen) atoms. The van der Waals surface area contributed by atoms with Crippen LogP contribution < -0.4 is 5.56 Å². The van der Waals surface area contributed by atoms with Gasteiger partial charge in [0.1, 0.15) is 8.07 Å². The largest absolute Gasteiger partial charge is 0.296 e. The first-order valence-electron chi connectivity index (χ1n) is 8.96. The highest BCUT2D eigenvalue weighted by molar-refractivity contribution is 6.83. The van der Waals surface area contributed by atoms with Gasteiger partial charge in [-0.15, -0.1) is 5.54 Å². The maximum absolute atomic E-state index is 13.2. The quantitative estimate of drug-likeness (QED) is 0.471. The molecule has 0 amide bonds. The zero-order valence-corrected chi connectivity index (χ0v) is 17.2. The molecule has 0 saturated heterocycles. The van der Waals surface area contributed by atoms with Crippen molar-refractivity contribution in [2.24, 2.45) is 0 Å². The molecule has 0 N–H and O–H groups in total. The number of fused-ring (bicyclic) bond motifs is 1. The first-order valence-corrected chi connectivity index (χ1v) is 12.5. The molecule has 0 atom stereocenters. The summed E-state index contributed by atoms with van der Waals surface area (Å²) in [6.07, 6.45) is 0. The molecule has 1 aromatic heterocycles. The van der Waals surface area contributed by atoms with Gasteiger partial charge in [0, 0.05) is 5.39 Å². The molecule has 132 valence electrons. The minimum atomic E-state index is -1.53. The number of hydrogen-bond acceptors (Lipinski definition) is 1. The summed E-state index contributed by atoms with van der Waals surface area (Å²) in [5.41, 5.74) is 7.83. The van der Waals surface area contributed by atoms with Crippen LogP contribution in [-0.2, 0) is 6.54 Å². The molecule has 0 aliphatic rings. The van der Waals surface area contributed by atoms with Crippen molar-refractivity contribution in [2.45, 2.75) is 40.0 Å². The highest BCUT2D eigenvalue weighted by atomic mass is 28.3. The Labute approximate surface area is 156 Å². The molecule has 3 aromatic rings. The van der Waals surface area contributed by atoms with Crippen LogP contribution in [0.1, 0.15) is 22.4 Å². The summed E-state index contributed by atoms with van der Waals surface area (Å²) < 4.78 is 1.83. The lowest BCUT2D eigenvalue weighted by Crippen LogP contribution is -2.24. The van der Waals surface area contributed by atoms with Crippen molar-refractivity contribution in [3.8, 4) is 11.5 Å². The zero-order chi connectivity index (χ0) is 18.9. The van der Waals surface area contributed by atoms with Gasteiger partial charge in [-0.3, -0.25) is 9.36 Å². The topological polar surface area (TPSA) is 22.0 Å². The van der Waals surface area contributed by atoms with Crippen LogP contribution in [0.5, 0.6) is 0 Å². The average Bonchev–Trinajstić information content (AvgIpc) is 2.57. The molecule has 0 aliphatic carbocycles. The van der Waals surface area contributed by atoms with Crippen molar-refractivity contribution < 1.29 is 0 Å². The van der Waals surface area contributed by atoms with E-state index in [1.165, 1.54) is 11.1 Å².